The van der Waals surface area contributed by atoms with Crippen molar-refractivity contribution in [3.8, 4) is 0 Å². The van der Waals surface area contributed by atoms with Gasteiger partial charge in [-0.25, -0.2) is 4.79 Å². The van der Waals surface area contributed by atoms with Crippen LogP contribution >= 0.6 is 0 Å². The summed E-state index contributed by atoms with van der Waals surface area (Å²) in [6, 6.07) is 7.13. The highest BCUT2D eigenvalue weighted by molar-refractivity contribution is 5.87. The molecule has 0 radical (unpaired) electrons. The molecule has 1 amide bonds. The number of hydrogen-bond donors (Lipinski definition) is 1. The van der Waals surface area contributed by atoms with Crippen molar-refractivity contribution in [1.82, 2.24) is 9.80 Å². The van der Waals surface area contributed by atoms with E-state index in [9.17, 15) is 9.59 Å². The molecule has 0 saturated carbocycles. The van der Waals surface area contributed by atoms with Gasteiger partial charge in [0.2, 0.25) is 5.91 Å². The number of carboxylic acid groups (broad SMARTS) is 1. The van der Waals surface area contributed by atoms with Gasteiger partial charge in [-0.15, -0.1) is 0 Å². The van der Waals surface area contributed by atoms with E-state index in [-0.39, 0.29) is 5.91 Å². The monoisotopic (exact) mass is 358 g/mol. The van der Waals surface area contributed by atoms with Crippen LogP contribution in [0.25, 0.3) is 0 Å². The first-order valence-corrected chi connectivity index (χ1v) is 9.97. The Bertz CT molecular complexity index is 608. The second-order valence-corrected chi connectivity index (χ2v) is 7.61. The summed E-state index contributed by atoms with van der Waals surface area (Å²) in [6.07, 6.45) is 7.60. The van der Waals surface area contributed by atoms with Crippen molar-refractivity contribution in [2.24, 2.45) is 0 Å². The second kappa shape index (κ2) is 9.17. The van der Waals surface area contributed by atoms with Crippen molar-refractivity contribution in [2.45, 2.75) is 50.9 Å². The molecule has 0 bridgehead atoms. The van der Waals surface area contributed by atoms with Crippen LogP contribution in [0.2, 0.25) is 0 Å². The van der Waals surface area contributed by atoms with E-state index in [1.165, 1.54) is 32.4 Å². The lowest BCUT2D eigenvalue weighted by Gasteiger charge is -2.33. The van der Waals surface area contributed by atoms with Crippen LogP contribution in [-0.2, 0) is 4.79 Å². The molecule has 5 heteroatoms. The Morgan fingerprint density at radius 3 is 2.42 bits per heavy atom. The average Bonchev–Trinajstić information content (AvgIpc) is 2.69. The topological polar surface area (TPSA) is 60.9 Å². The van der Waals surface area contributed by atoms with Gasteiger partial charge in [-0.2, -0.15) is 0 Å². The van der Waals surface area contributed by atoms with Gasteiger partial charge in [0.05, 0.1) is 5.56 Å². The molecule has 0 aliphatic carbocycles. The molecule has 5 nitrogen and oxygen atoms in total. The predicted octanol–water partition coefficient (Wildman–Crippen LogP) is 3.36. The Labute approximate surface area is 156 Å². The standard InChI is InChI=1S/C21H30N2O3/c24-20(7-5-14-22-12-2-1-3-13-22)23-15-4-6-19(16-23)17-8-10-18(11-9-17)21(25)26/h8-11,19H,1-7,12-16H2,(H,25,26). The molecule has 2 aliphatic heterocycles. The zero-order valence-electron chi connectivity index (χ0n) is 15.5. The maximum atomic E-state index is 12.6. The van der Waals surface area contributed by atoms with E-state index in [0.717, 1.165) is 44.5 Å². The molecule has 1 unspecified atom stereocenters. The Morgan fingerprint density at radius 2 is 1.73 bits per heavy atom. The summed E-state index contributed by atoms with van der Waals surface area (Å²) in [5.74, 6) is -0.308. The van der Waals surface area contributed by atoms with Crippen LogP contribution in [0.15, 0.2) is 24.3 Å². The van der Waals surface area contributed by atoms with Gasteiger partial charge in [0.1, 0.15) is 0 Å². The van der Waals surface area contributed by atoms with Crippen LogP contribution in [0, 0.1) is 0 Å². The van der Waals surface area contributed by atoms with Crippen LogP contribution < -0.4 is 0 Å². The zero-order valence-corrected chi connectivity index (χ0v) is 15.5. The van der Waals surface area contributed by atoms with Gasteiger partial charge < -0.3 is 14.9 Å². The first kappa shape index (κ1) is 18.9. The molecular formula is C21H30N2O3. The molecule has 2 heterocycles. The fourth-order valence-corrected chi connectivity index (χ4v) is 4.17. The number of carboxylic acids is 1. The van der Waals surface area contributed by atoms with Gasteiger partial charge in [-0.05, 0) is 69.4 Å². The second-order valence-electron chi connectivity index (χ2n) is 7.61. The van der Waals surface area contributed by atoms with Crippen LogP contribution in [-0.4, -0.2) is 59.5 Å². The third kappa shape index (κ3) is 5.07. The van der Waals surface area contributed by atoms with E-state index in [4.69, 9.17) is 5.11 Å². The molecule has 3 rings (SSSR count). The van der Waals surface area contributed by atoms with E-state index < -0.39 is 5.97 Å². The number of nitrogens with zero attached hydrogens (tertiary/aromatic N) is 2. The molecule has 0 spiro atoms. The minimum atomic E-state index is -0.897. The Morgan fingerprint density at radius 1 is 1.00 bits per heavy atom. The summed E-state index contributed by atoms with van der Waals surface area (Å²) in [5, 5.41) is 9.02. The van der Waals surface area contributed by atoms with Crippen molar-refractivity contribution in [2.75, 3.05) is 32.7 Å². The van der Waals surface area contributed by atoms with E-state index in [1.54, 1.807) is 12.1 Å². The fourth-order valence-electron chi connectivity index (χ4n) is 4.17. The van der Waals surface area contributed by atoms with Crippen LogP contribution in [0.3, 0.4) is 0 Å². The Kier molecular flexibility index (Phi) is 6.67. The summed E-state index contributed by atoms with van der Waals surface area (Å²) in [7, 11) is 0. The lowest BCUT2D eigenvalue weighted by Crippen LogP contribution is -2.39. The summed E-state index contributed by atoms with van der Waals surface area (Å²) >= 11 is 0. The number of piperidine rings is 2. The quantitative estimate of drug-likeness (QED) is 0.847. The molecule has 1 aromatic rings. The van der Waals surface area contributed by atoms with Gasteiger partial charge in [0.25, 0.3) is 0 Å². The van der Waals surface area contributed by atoms with Crippen molar-refractivity contribution >= 4 is 11.9 Å². The third-order valence-electron chi connectivity index (χ3n) is 5.72. The highest BCUT2D eigenvalue weighted by atomic mass is 16.4. The molecule has 2 saturated heterocycles. The third-order valence-corrected chi connectivity index (χ3v) is 5.72. The number of hydrogen-bond acceptors (Lipinski definition) is 3. The fraction of sp³-hybridized carbons (Fsp3) is 0.619. The first-order chi connectivity index (χ1) is 12.6. The lowest BCUT2D eigenvalue weighted by molar-refractivity contribution is -0.132. The normalized spacial score (nSPS) is 21.5. The van der Waals surface area contributed by atoms with E-state index in [0.29, 0.717) is 17.9 Å². The predicted molar refractivity (Wildman–Crippen MR) is 101 cm³/mol. The van der Waals surface area contributed by atoms with Crippen molar-refractivity contribution in [3.63, 3.8) is 0 Å². The van der Waals surface area contributed by atoms with Crippen molar-refractivity contribution in [3.05, 3.63) is 35.4 Å². The van der Waals surface area contributed by atoms with Gasteiger partial charge in [-0.1, -0.05) is 18.6 Å². The van der Waals surface area contributed by atoms with Crippen LogP contribution in [0.5, 0.6) is 0 Å². The Hall–Kier alpha value is -1.88. The maximum absolute atomic E-state index is 12.6. The Balaban J connectivity index is 1.47. The van der Waals surface area contributed by atoms with Gasteiger partial charge in [0.15, 0.2) is 0 Å². The highest BCUT2D eigenvalue weighted by Gasteiger charge is 2.24. The van der Waals surface area contributed by atoms with Crippen molar-refractivity contribution in [1.29, 1.82) is 0 Å². The maximum Gasteiger partial charge on any atom is 0.335 e. The number of carbonyl (C=O) groups excluding carboxylic acids is 1. The van der Waals surface area contributed by atoms with E-state index in [2.05, 4.69) is 4.90 Å². The molecule has 1 atom stereocenters. The summed E-state index contributed by atoms with van der Waals surface area (Å²) in [6.45, 7) is 5.03. The van der Waals surface area contributed by atoms with Crippen LogP contribution in [0.4, 0.5) is 0 Å². The molecule has 1 N–H and O–H groups in total. The molecule has 2 fully saturated rings. The first-order valence-electron chi connectivity index (χ1n) is 9.97. The number of amides is 1. The lowest BCUT2D eigenvalue weighted by atomic mass is 9.90. The van der Waals surface area contributed by atoms with E-state index in [1.807, 2.05) is 17.0 Å². The average molecular weight is 358 g/mol. The molecular weight excluding hydrogens is 328 g/mol. The minimum absolute atomic E-state index is 0.272. The van der Waals surface area contributed by atoms with Gasteiger partial charge in [-0.3, -0.25) is 4.79 Å². The highest BCUT2D eigenvalue weighted by Crippen LogP contribution is 2.27. The van der Waals surface area contributed by atoms with E-state index >= 15 is 0 Å². The summed E-state index contributed by atoms with van der Waals surface area (Å²) < 4.78 is 0. The van der Waals surface area contributed by atoms with Gasteiger partial charge >= 0.3 is 5.97 Å². The zero-order chi connectivity index (χ0) is 18.4. The van der Waals surface area contributed by atoms with Gasteiger partial charge in [0, 0.05) is 25.4 Å². The van der Waals surface area contributed by atoms with Crippen molar-refractivity contribution < 1.29 is 14.7 Å². The SMILES string of the molecule is O=C(O)c1ccc(C2CCCN(C(=O)CCCN3CCCCC3)C2)cc1. The molecule has 2 aliphatic rings. The molecule has 26 heavy (non-hydrogen) atoms. The number of carbonyl (C=O) groups is 2. The largest absolute Gasteiger partial charge is 0.478 e. The summed E-state index contributed by atoms with van der Waals surface area (Å²) in [4.78, 5) is 28.1. The van der Waals surface area contributed by atoms with Crippen LogP contribution in [0.1, 0.15) is 66.8 Å². The smallest absolute Gasteiger partial charge is 0.335 e. The molecule has 1 aromatic carbocycles. The number of benzene rings is 1. The minimum Gasteiger partial charge on any atom is -0.478 e. The molecule has 142 valence electrons. The molecule has 0 aromatic heterocycles. The number of rotatable bonds is 6. The number of aromatic carboxylic acids is 1. The summed E-state index contributed by atoms with van der Waals surface area (Å²) in [5.41, 5.74) is 1.45. The number of likely N-dealkylation sites (tertiary alicyclic amines) is 2.